The van der Waals surface area contributed by atoms with Crippen LogP contribution in [0.5, 0.6) is 0 Å². The molecule has 2 atom stereocenters. The number of rotatable bonds is 3. The topological polar surface area (TPSA) is 41.1 Å². The molecule has 4 heteroatoms. The summed E-state index contributed by atoms with van der Waals surface area (Å²) in [6.45, 7) is 7.50. The fraction of sp³-hybridized carbons (Fsp3) is 0.714. The molecule has 1 aromatic rings. The van der Waals surface area contributed by atoms with Crippen molar-refractivity contribution in [1.29, 1.82) is 0 Å². The molecular weight excluding hydrogens is 224 g/mol. The molecule has 0 amide bonds. The molecule has 0 radical (unpaired) electrons. The second kappa shape index (κ2) is 5.65. The van der Waals surface area contributed by atoms with E-state index in [1.165, 1.54) is 19.3 Å². The van der Waals surface area contributed by atoms with Gasteiger partial charge in [0.1, 0.15) is 11.6 Å². The average Bonchev–Trinajstić information content (AvgIpc) is 2.33. The summed E-state index contributed by atoms with van der Waals surface area (Å²) >= 11 is 0. The van der Waals surface area contributed by atoms with Crippen LogP contribution in [-0.4, -0.2) is 34.0 Å². The average molecular weight is 248 g/mol. The van der Waals surface area contributed by atoms with Gasteiger partial charge >= 0.3 is 0 Å². The second-order valence-electron chi connectivity index (χ2n) is 5.36. The van der Waals surface area contributed by atoms with Crippen LogP contribution in [0.15, 0.2) is 6.07 Å². The first-order chi connectivity index (χ1) is 8.60. The van der Waals surface area contributed by atoms with Gasteiger partial charge in [-0.2, -0.15) is 0 Å². The van der Waals surface area contributed by atoms with Crippen molar-refractivity contribution in [3.8, 4) is 0 Å². The highest BCUT2D eigenvalue weighted by Crippen LogP contribution is 2.24. The molecule has 1 saturated heterocycles. The summed E-state index contributed by atoms with van der Waals surface area (Å²) in [5.41, 5.74) is 1.03. The Morgan fingerprint density at radius 2 is 1.94 bits per heavy atom. The lowest BCUT2D eigenvalue weighted by Crippen LogP contribution is -2.43. The number of likely N-dealkylation sites (tertiary alicyclic amines) is 1. The standard InChI is InChI=1S/C14H24N4/c1-10-8-13(15-4)17-14(16-10)9-18-11(2)6-5-7-12(18)3/h8,11-12H,5-7,9H2,1-4H3,(H,15,16,17)/t11-,12+. The van der Waals surface area contributed by atoms with Crippen molar-refractivity contribution in [3.63, 3.8) is 0 Å². The van der Waals surface area contributed by atoms with Gasteiger partial charge in [-0.05, 0) is 33.6 Å². The molecule has 1 aliphatic heterocycles. The SMILES string of the molecule is CNc1cc(C)nc(CN2[C@H](C)CCC[C@@H]2C)n1. The highest BCUT2D eigenvalue weighted by Gasteiger charge is 2.25. The summed E-state index contributed by atoms with van der Waals surface area (Å²) < 4.78 is 0. The third kappa shape index (κ3) is 2.99. The van der Waals surface area contributed by atoms with Crippen molar-refractivity contribution in [3.05, 3.63) is 17.6 Å². The third-order valence-corrected chi connectivity index (χ3v) is 3.86. The Kier molecular flexibility index (Phi) is 4.17. The lowest BCUT2D eigenvalue weighted by atomic mass is 9.97. The van der Waals surface area contributed by atoms with Gasteiger partial charge in [0.15, 0.2) is 0 Å². The van der Waals surface area contributed by atoms with E-state index >= 15 is 0 Å². The van der Waals surface area contributed by atoms with Crippen molar-refractivity contribution >= 4 is 5.82 Å². The minimum atomic E-state index is 0.635. The number of piperidine rings is 1. The van der Waals surface area contributed by atoms with Gasteiger partial charge in [-0.3, -0.25) is 4.90 Å². The molecular formula is C14H24N4. The molecule has 2 heterocycles. The Morgan fingerprint density at radius 3 is 2.56 bits per heavy atom. The van der Waals surface area contributed by atoms with Gasteiger partial charge in [0.2, 0.25) is 0 Å². The van der Waals surface area contributed by atoms with E-state index in [2.05, 4.69) is 34.0 Å². The highest BCUT2D eigenvalue weighted by molar-refractivity contribution is 5.34. The Balaban J connectivity index is 2.14. The van der Waals surface area contributed by atoms with Crippen molar-refractivity contribution in [2.45, 2.75) is 58.7 Å². The fourth-order valence-corrected chi connectivity index (χ4v) is 2.78. The Bertz CT molecular complexity index is 395. The van der Waals surface area contributed by atoms with Crippen LogP contribution in [0.4, 0.5) is 5.82 Å². The number of nitrogens with zero attached hydrogens (tertiary/aromatic N) is 3. The molecule has 0 bridgehead atoms. The van der Waals surface area contributed by atoms with Crippen LogP contribution in [0.3, 0.4) is 0 Å². The highest BCUT2D eigenvalue weighted by atomic mass is 15.2. The second-order valence-corrected chi connectivity index (χ2v) is 5.36. The van der Waals surface area contributed by atoms with Crippen LogP contribution >= 0.6 is 0 Å². The van der Waals surface area contributed by atoms with E-state index in [9.17, 15) is 0 Å². The molecule has 0 aromatic carbocycles. The smallest absolute Gasteiger partial charge is 0.144 e. The summed E-state index contributed by atoms with van der Waals surface area (Å²) in [6.07, 6.45) is 3.92. The minimum Gasteiger partial charge on any atom is -0.373 e. The molecule has 4 nitrogen and oxygen atoms in total. The minimum absolute atomic E-state index is 0.635. The first-order valence-corrected chi connectivity index (χ1v) is 6.88. The van der Waals surface area contributed by atoms with Crippen molar-refractivity contribution < 1.29 is 0 Å². The van der Waals surface area contributed by atoms with Gasteiger partial charge in [0, 0.05) is 30.9 Å². The summed E-state index contributed by atoms with van der Waals surface area (Å²) in [5, 5.41) is 3.10. The molecule has 1 N–H and O–H groups in total. The van der Waals surface area contributed by atoms with Gasteiger partial charge in [-0.25, -0.2) is 9.97 Å². The molecule has 1 aromatic heterocycles. The quantitative estimate of drug-likeness (QED) is 0.892. The first kappa shape index (κ1) is 13.3. The van der Waals surface area contributed by atoms with E-state index in [4.69, 9.17) is 0 Å². The largest absolute Gasteiger partial charge is 0.373 e. The van der Waals surface area contributed by atoms with Gasteiger partial charge in [-0.1, -0.05) is 6.42 Å². The van der Waals surface area contributed by atoms with E-state index in [0.29, 0.717) is 12.1 Å². The van der Waals surface area contributed by atoms with E-state index in [0.717, 1.165) is 23.9 Å². The molecule has 0 saturated carbocycles. The monoisotopic (exact) mass is 248 g/mol. The van der Waals surface area contributed by atoms with Crippen molar-refractivity contribution in [2.75, 3.05) is 12.4 Å². The number of nitrogens with one attached hydrogen (secondary N) is 1. The van der Waals surface area contributed by atoms with Gasteiger partial charge in [-0.15, -0.1) is 0 Å². The third-order valence-electron chi connectivity index (χ3n) is 3.86. The van der Waals surface area contributed by atoms with Gasteiger partial charge in [0.25, 0.3) is 0 Å². The number of aromatic nitrogens is 2. The summed E-state index contributed by atoms with van der Waals surface area (Å²) in [7, 11) is 1.90. The Labute approximate surface area is 110 Å². The predicted octanol–water partition coefficient (Wildman–Crippen LogP) is 2.59. The summed E-state index contributed by atoms with van der Waals surface area (Å²) in [4.78, 5) is 11.6. The van der Waals surface area contributed by atoms with Gasteiger partial charge < -0.3 is 5.32 Å². The van der Waals surface area contributed by atoms with Crippen LogP contribution in [-0.2, 0) is 6.54 Å². The molecule has 1 fully saturated rings. The fourth-order valence-electron chi connectivity index (χ4n) is 2.78. The van der Waals surface area contributed by atoms with Crippen molar-refractivity contribution in [1.82, 2.24) is 14.9 Å². The number of anilines is 1. The number of hydrogen-bond acceptors (Lipinski definition) is 4. The molecule has 18 heavy (non-hydrogen) atoms. The maximum atomic E-state index is 4.55. The first-order valence-electron chi connectivity index (χ1n) is 6.88. The Morgan fingerprint density at radius 1 is 1.28 bits per heavy atom. The number of hydrogen-bond donors (Lipinski definition) is 1. The van der Waals surface area contributed by atoms with Crippen LogP contribution in [0.2, 0.25) is 0 Å². The van der Waals surface area contributed by atoms with Crippen LogP contribution in [0, 0.1) is 6.92 Å². The van der Waals surface area contributed by atoms with Crippen LogP contribution in [0.1, 0.15) is 44.6 Å². The van der Waals surface area contributed by atoms with Crippen LogP contribution in [0.25, 0.3) is 0 Å². The maximum Gasteiger partial charge on any atom is 0.144 e. The molecule has 0 spiro atoms. The summed E-state index contributed by atoms with van der Waals surface area (Å²) in [5.74, 6) is 1.84. The molecule has 1 aliphatic rings. The van der Waals surface area contributed by atoms with E-state index in [1.54, 1.807) is 0 Å². The van der Waals surface area contributed by atoms with E-state index in [1.807, 2.05) is 20.0 Å². The van der Waals surface area contributed by atoms with Gasteiger partial charge in [0.05, 0.1) is 6.54 Å². The molecule has 0 aliphatic carbocycles. The Hall–Kier alpha value is -1.16. The zero-order valence-corrected chi connectivity index (χ0v) is 11.9. The molecule has 0 unspecified atom stereocenters. The predicted molar refractivity (Wildman–Crippen MR) is 74.6 cm³/mol. The zero-order valence-electron chi connectivity index (χ0n) is 11.9. The zero-order chi connectivity index (χ0) is 13.1. The lowest BCUT2D eigenvalue weighted by Gasteiger charge is -2.38. The number of aryl methyl sites for hydroxylation is 1. The molecule has 100 valence electrons. The summed E-state index contributed by atoms with van der Waals surface area (Å²) in [6, 6.07) is 3.25. The van der Waals surface area contributed by atoms with E-state index < -0.39 is 0 Å². The lowest BCUT2D eigenvalue weighted by molar-refractivity contribution is 0.0922. The van der Waals surface area contributed by atoms with E-state index in [-0.39, 0.29) is 0 Å². The normalized spacial score (nSPS) is 25.1. The van der Waals surface area contributed by atoms with Crippen LogP contribution < -0.4 is 5.32 Å². The van der Waals surface area contributed by atoms with Crippen molar-refractivity contribution in [2.24, 2.45) is 0 Å². The maximum absolute atomic E-state index is 4.55. The molecule has 2 rings (SSSR count).